The van der Waals surface area contributed by atoms with E-state index in [1.54, 1.807) is 0 Å². The fraction of sp³-hybridized carbons (Fsp3) is 0.941. The maximum Gasteiger partial charge on any atom is 0.407 e. The number of carbonyl (C=O) groups excluding carboxylic acids is 1. The Hall–Kier alpha value is -0.810. The molecule has 0 aromatic rings. The molecule has 2 aliphatic rings. The van der Waals surface area contributed by atoms with E-state index in [0.29, 0.717) is 12.1 Å². The SMILES string of the molecule is CCN1CCCC(NC2CC(NC(=O)OC(C)(C)C)C2)CC1. The largest absolute Gasteiger partial charge is 0.444 e. The molecule has 1 aliphatic carbocycles. The number of carbonyl (C=O) groups is 1. The third-order valence-corrected chi connectivity index (χ3v) is 4.60. The Balaban J connectivity index is 1.62. The lowest BCUT2D eigenvalue weighted by molar-refractivity contribution is 0.0462. The van der Waals surface area contributed by atoms with Crippen molar-refractivity contribution < 1.29 is 9.53 Å². The zero-order valence-corrected chi connectivity index (χ0v) is 14.7. The van der Waals surface area contributed by atoms with Gasteiger partial charge in [-0.15, -0.1) is 0 Å². The van der Waals surface area contributed by atoms with Crippen molar-refractivity contribution in [1.29, 1.82) is 0 Å². The molecule has 1 heterocycles. The predicted molar refractivity (Wildman–Crippen MR) is 89.1 cm³/mol. The van der Waals surface area contributed by atoms with E-state index in [2.05, 4.69) is 22.5 Å². The Morgan fingerprint density at radius 1 is 1.14 bits per heavy atom. The maximum absolute atomic E-state index is 11.7. The van der Waals surface area contributed by atoms with Gasteiger partial charge in [-0.05, 0) is 72.5 Å². The Kier molecular flexibility index (Phi) is 6.09. The van der Waals surface area contributed by atoms with Crippen LogP contribution in [0.4, 0.5) is 4.79 Å². The molecule has 2 rings (SSSR count). The molecule has 1 aliphatic heterocycles. The fourth-order valence-corrected chi connectivity index (χ4v) is 3.32. The van der Waals surface area contributed by atoms with Crippen LogP contribution >= 0.6 is 0 Å². The van der Waals surface area contributed by atoms with E-state index < -0.39 is 5.60 Å². The molecule has 1 saturated carbocycles. The highest BCUT2D eigenvalue weighted by Crippen LogP contribution is 2.23. The molecule has 1 saturated heterocycles. The lowest BCUT2D eigenvalue weighted by Gasteiger charge is -2.39. The van der Waals surface area contributed by atoms with Crippen molar-refractivity contribution in [2.45, 2.75) is 83.5 Å². The van der Waals surface area contributed by atoms with Crippen LogP contribution in [-0.4, -0.2) is 54.4 Å². The van der Waals surface area contributed by atoms with Crippen molar-refractivity contribution in [2.24, 2.45) is 0 Å². The molecule has 1 atom stereocenters. The summed E-state index contributed by atoms with van der Waals surface area (Å²) in [6.07, 6.45) is 5.56. The van der Waals surface area contributed by atoms with Crippen LogP contribution in [0.25, 0.3) is 0 Å². The van der Waals surface area contributed by atoms with E-state index in [4.69, 9.17) is 4.74 Å². The molecule has 5 nitrogen and oxygen atoms in total. The van der Waals surface area contributed by atoms with E-state index in [9.17, 15) is 4.79 Å². The molecule has 0 bridgehead atoms. The number of amides is 1. The molecule has 1 unspecified atom stereocenters. The van der Waals surface area contributed by atoms with Gasteiger partial charge in [-0.25, -0.2) is 4.79 Å². The van der Waals surface area contributed by atoms with E-state index in [1.165, 1.54) is 32.4 Å². The quantitative estimate of drug-likeness (QED) is 0.837. The number of hydrogen-bond acceptors (Lipinski definition) is 4. The van der Waals surface area contributed by atoms with Crippen molar-refractivity contribution in [3.05, 3.63) is 0 Å². The molecular weight excluding hydrogens is 278 g/mol. The lowest BCUT2D eigenvalue weighted by Crippen LogP contribution is -2.55. The van der Waals surface area contributed by atoms with Gasteiger partial charge in [0.05, 0.1) is 0 Å². The fourth-order valence-electron chi connectivity index (χ4n) is 3.32. The van der Waals surface area contributed by atoms with Crippen LogP contribution in [0.3, 0.4) is 0 Å². The number of alkyl carbamates (subject to hydrolysis) is 1. The summed E-state index contributed by atoms with van der Waals surface area (Å²) in [7, 11) is 0. The number of nitrogens with one attached hydrogen (secondary N) is 2. The van der Waals surface area contributed by atoms with Crippen molar-refractivity contribution >= 4 is 6.09 Å². The third-order valence-electron chi connectivity index (χ3n) is 4.60. The molecule has 2 fully saturated rings. The standard InChI is InChI=1S/C17H33N3O2/c1-5-20-9-6-7-13(8-10-20)18-14-11-15(12-14)19-16(21)22-17(2,3)4/h13-15,18H,5-12H2,1-4H3,(H,19,21). The van der Waals surface area contributed by atoms with Gasteiger partial charge in [-0.2, -0.15) is 0 Å². The van der Waals surface area contributed by atoms with Gasteiger partial charge in [0.25, 0.3) is 0 Å². The molecule has 0 aromatic carbocycles. The van der Waals surface area contributed by atoms with Crippen LogP contribution in [0.2, 0.25) is 0 Å². The maximum atomic E-state index is 11.7. The van der Waals surface area contributed by atoms with Gasteiger partial charge in [-0.1, -0.05) is 6.92 Å². The lowest BCUT2D eigenvalue weighted by atomic mass is 9.86. The normalized spacial score (nSPS) is 30.3. The van der Waals surface area contributed by atoms with Crippen LogP contribution in [0.15, 0.2) is 0 Å². The highest BCUT2D eigenvalue weighted by molar-refractivity contribution is 5.68. The number of nitrogens with zero attached hydrogens (tertiary/aromatic N) is 1. The van der Waals surface area contributed by atoms with Crippen LogP contribution in [0.5, 0.6) is 0 Å². The highest BCUT2D eigenvalue weighted by Gasteiger charge is 2.33. The van der Waals surface area contributed by atoms with Crippen LogP contribution < -0.4 is 10.6 Å². The van der Waals surface area contributed by atoms with Gasteiger partial charge in [0.1, 0.15) is 5.60 Å². The molecule has 128 valence electrons. The summed E-state index contributed by atoms with van der Waals surface area (Å²) in [5.74, 6) is 0. The minimum atomic E-state index is -0.420. The Labute approximate surface area is 135 Å². The second kappa shape index (κ2) is 7.64. The van der Waals surface area contributed by atoms with Gasteiger partial charge in [0.2, 0.25) is 0 Å². The van der Waals surface area contributed by atoms with Gasteiger partial charge in [0.15, 0.2) is 0 Å². The van der Waals surface area contributed by atoms with Gasteiger partial charge in [0, 0.05) is 18.1 Å². The minimum absolute atomic E-state index is 0.269. The summed E-state index contributed by atoms with van der Waals surface area (Å²) in [5, 5.41) is 6.73. The predicted octanol–water partition coefficient (Wildman–Crippen LogP) is 2.51. The smallest absolute Gasteiger partial charge is 0.407 e. The first-order valence-corrected chi connectivity index (χ1v) is 8.83. The van der Waals surface area contributed by atoms with Crippen LogP contribution in [0.1, 0.15) is 59.8 Å². The van der Waals surface area contributed by atoms with Crippen LogP contribution in [0, 0.1) is 0 Å². The second-order valence-corrected chi connectivity index (χ2v) is 7.74. The molecule has 22 heavy (non-hydrogen) atoms. The van der Waals surface area contributed by atoms with E-state index in [1.807, 2.05) is 20.8 Å². The first-order chi connectivity index (χ1) is 10.4. The van der Waals surface area contributed by atoms with Crippen molar-refractivity contribution in [2.75, 3.05) is 19.6 Å². The summed E-state index contributed by atoms with van der Waals surface area (Å²) in [5.41, 5.74) is -0.420. The average molecular weight is 311 g/mol. The van der Waals surface area contributed by atoms with Crippen molar-refractivity contribution in [3.63, 3.8) is 0 Å². The number of ether oxygens (including phenoxy) is 1. The molecule has 0 radical (unpaired) electrons. The minimum Gasteiger partial charge on any atom is -0.444 e. The van der Waals surface area contributed by atoms with E-state index >= 15 is 0 Å². The Morgan fingerprint density at radius 2 is 1.86 bits per heavy atom. The zero-order valence-electron chi connectivity index (χ0n) is 14.7. The van der Waals surface area contributed by atoms with Crippen LogP contribution in [-0.2, 0) is 4.74 Å². The summed E-state index contributed by atoms with van der Waals surface area (Å²) in [6, 6.07) is 1.47. The van der Waals surface area contributed by atoms with Gasteiger partial charge in [-0.3, -0.25) is 0 Å². The first-order valence-electron chi connectivity index (χ1n) is 8.83. The summed E-state index contributed by atoms with van der Waals surface area (Å²) in [6.45, 7) is 11.5. The zero-order chi connectivity index (χ0) is 16.2. The van der Waals surface area contributed by atoms with Crippen molar-refractivity contribution in [3.8, 4) is 0 Å². The Bertz CT molecular complexity index is 361. The first kappa shape index (κ1) is 17.5. The van der Waals surface area contributed by atoms with Gasteiger partial charge >= 0.3 is 6.09 Å². The molecule has 0 spiro atoms. The average Bonchev–Trinajstić information content (AvgIpc) is 2.59. The summed E-state index contributed by atoms with van der Waals surface area (Å²) >= 11 is 0. The highest BCUT2D eigenvalue weighted by atomic mass is 16.6. The number of rotatable bonds is 4. The van der Waals surface area contributed by atoms with Gasteiger partial charge < -0.3 is 20.3 Å². The molecule has 2 N–H and O–H groups in total. The van der Waals surface area contributed by atoms with Crippen molar-refractivity contribution in [1.82, 2.24) is 15.5 Å². The summed E-state index contributed by atoms with van der Waals surface area (Å²) in [4.78, 5) is 14.3. The molecular formula is C17H33N3O2. The molecule has 1 amide bonds. The van der Waals surface area contributed by atoms with E-state index in [-0.39, 0.29) is 12.1 Å². The number of likely N-dealkylation sites (tertiary alicyclic amines) is 1. The third kappa shape index (κ3) is 5.76. The second-order valence-electron chi connectivity index (χ2n) is 7.74. The topological polar surface area (TPSA) is 53.6 Å². The summed E-state index contributed by atoms with van der Waals surface area (Å²) < 4.78 is 5.29. The molecule has 5 heteroatoms. The number of hydrogen-bond donors (Lipinski definition) is 2. The molecule has 0 aromatic heterocycles. The van der Waals surface area contributed by atoms with E-state index in [0.717, 1.165) is 19.4 Å². The monoisotopic (exact) mass is 311 g/mol. The Morgan fingerprint density at radius 3 is 2.50 bits per heavy atom.